The fourth-order valence-corrected chi connectivity index (χ4v) is 2.62. The van der Waals surface area contributed by atoms with Gasteiger partial charge in [-0.15, -0.1) is 0 Å². The summed E-state index contributed by atoms with van der Waals surface area (Å²) in [7, 11) is -3.26. The lowest BCUT2D eigenvalue weighted by molar-refractivity contribution is 0.611. The van der Waals surface area contributed by atoms with Crippen molar-refractivity contribution in [3.63, 3.8) is 0 Å². The van der Waals surface area contributed by atoms with Gasteiger partial charge in [0.15, 0.2) is 9.84 Å². The molecule has 0 fully saturated rings. The van der Waals surface area contributed by atoms with Gasteiger partial charge in [0.25, 0.3) is 0 Å². The van der Waals surface area contributed by atoms with Gasteiger partial charge in [-0.1, -0.05) is 60.7 Å². The van der Waals surface area contributed by atoms with Gasteiger partial charge in [-0.05, 0) is 17.2 Å². The Morgan fingerprint density at radius 1 is 0.889 bits per heavy atom. The van der Waals surface area contributed by atoms with E-state index in [0.717, 1.165) is 5.56 Å². The topological polar surface area (TPSA) is 34.1 Å². The average molecular weight is 258 g/mol. The molecule has 0 unspecified atom stereocenters. The normalized spacial score (nSPS) is 12.4. The number of benzene rings is 2. The van der Waals surface area contributed by atoms with Gasteiger partial charge >= 0.3 is 0 Å². The van der Waals surface area contributed by atoms with E-state index in [1.165, 1.54) is 6.26 Å². The van der Waals surface area contributed by atoms with Crippen LogP contribution in [0, 0.1) is 0 Å². The predicted octanol–water partition coefficient (Wildman–Crippen LogP) is 3.23. The van der Waals surface area contributed by atoms with Crippen LogP contribution in [0.3, 0.4) is 0 Å². The molecule has 0 N–H and O–H groups in total. The number of hydrogen-bond donors (Lipinski definition) is 0. The molecule has 0 saturated carbocycles. The molecule has 2 nitrogen and oxygen atoms in total. The SMILES string of the molecule is CS(=O)(=O)/C(=C\c1ccccc1)c1ccccc1. The monoisotopic (exact) mass is 258 g/mol. The minimum Gasteiger partial charge on any atom is -0.224 e. The van der Waals surface area contributed by atoms with Crippen molar-refractivity contribution < 1.29 is 8.42 Å². The van der Waals surface area contributed by atoms with E-state index < -0.39 is 9.84 Å². The maximum atomic E-state index is 11.9. The Morgan fingerprint density at radius 2 is 1.39 bits per heavy atom. The lowest BCUT2D eigenvalue weighted by atomic mass is 10.1. The van der Waals surface area contributed by atoms with Crippen LogP contribution in [-0.4, -0.2) is 14.7 Å². The van der Waals surface area contributed by atoms with Crippen LogP contribution < -0.4 is 0 Å². The summed E-state index contributed by atoms with van der Waals surface area (Å²) in [5.74, 6) is 0. The van der Waals surface area contributed by atoms with Crippen molar-refractivity contribution in [1.82, 2.24) is 0 Å². The van der Waals surface area contributed by atoms with Crippen molar-refractivity contribution in [3.05, 3.63) is 71.8 Å². The van der Waals surface area contributed by atoms with Crippen LogP contribution in [0.5, 0.6) is 0 Å². The molecule has 0 aliphatic heterocycles. The highest BCUT2D eigenvalue weighted by molar-refractivity contribution is 8.00. The smallest absolute Gasteiger partial charge is 0.176 e. The molecular weight excluding hydrogens is 244 g/mol. The molecule has 0 spiro atoms. The first-order chi connectivity index (χ1) is 8.57. The van der Waals surface area contributed by atoms with E-state index in [4.69, 9.17) is 0 Å². The molecule has 0 atom stereocenters. The van der Waals surface area contributed by atoms with Crippen LogP contribution >= 0.6 is 0 Å². The summed E-state index contributed by atoms with van der Waals surface area (Å²) >= 11 is 0. The first-order valence-electron chi connectivity index (χ1n) is 5.59. The van der Waals surface area contributed by atoms with Crippen LogP contribution in [0.2, 0.25) is 0 Å². The van der Waals surface area contributed by atoms with Crippen LogP contribution in [0.25, 0.3) is 11.0 Å². The molecule has 0 aromatic heterocycles. The Morgan fingerprint density at radius 3 is 1.89 bits per heavy atom. The largest absolute Gasteiger partial charge is 0.224 e. The van der Waals surface area contributed by atoms with Crippen LogP contribution in [0.4, 0.5) is 0 Å². The van der Waals surface area contributed by atoms with Crippen LogP contribution in [0.15, 0.2) is 60.7 Å². The zero-order valence-electron chi connectivity index (χ0n) is 10.1. The first-order valence-corrected chi connectivity index (χ1v) is 7.49. The lowest BCUT2D eigenvalue weighted by Crippen LogP contribution is -2.00. The van der Waals surface area contributed by atoms with Crippen molar-refractivity contribution >= 4 is 20.8 Å². The zero-order chi connectivity index (χ0) is 13.0. The van der Waals surface area contributed by atoms with Crippen LogP contribution in [0.1, 0.15) is 11.1 Å². The van der Waals surface area contributed by atoms with Gasteiger partial charge in [-0.25, -0.2) is 8.42 Å². The second-order valence-corrected chi connectivity index (χ2v) is 6.04. The van der Waals surface area contributed by atoms with Crippen LogP contribution in [-0.2, 0) is 9.84 Å². The van der Waals surface area contributed by atoms with E-state index in [1.54, 1.807) is 18.2 Å². The average Bonchev–Trinajstić information content (AvgIpc) is 2.37. The van der Waals surface area contributed by atoms with Crippen molar-refractivity contribution in [2.75, 3.05) is 6.26 Å². The molecule has 0 amide bonds. The van der Waals surface area contributed by atoms with E-state index >= 15 is 0 Å². The summed E-state index contributed by atoms with van der Waals surface area (Å²) in [4.78, 5) is 0.342. The molecule has 0 aliphatic rings. The molecule has 2 rings (SSSR count). The van der Waals surface area contributed by atoms with Gasteiger partial charge in [0.2, 0.25) is 0 Å². The number of rotatable bonds is 3. The first kappa shape index (κ1) is 12.6. The van der Waals surface area contributed by atoms with Gasteiger partial charge in [0.05, 0.1) is 4.91 Å². The Labute approximate surface area is 108 Å². The summed E-state index contributed by atoms with van der Waals surface area (Å²) in [6.07, 6.45) is 2.93. The quantitative estimate of drug-likeness (QED) is 0.792. The summed E-state index contributed by atoms with van der Waals surface area (Å²) in [5.41, 5.74) is 1.59. The van der Waals surface area contributed by atoms with Crippen molar-refractivity contribution in [1.29, 1.82) is 0 Å². The number of hydrogen-bond acceptors (Lipinski definition) is 2. The molecule has 2 aromatic rings. The summed E-state index contributed by atoms with van der Waals surface area (Å²) in [6.45, 7) is 0. The molecule has 92 valence electrons. The van der Waals surface area contributed by atoms with Gasteiger partial charge in [-0.3, -0.25) is 0 Å². The highest BCUT2D eigenvalue weighted by Crippen LogP contribution is 2.23. The molecule has 0 bridgehead atoms. The van der Waals surface area contributed by atoms with E-state index in [9.17, 15) is 8.42 Å². The minimum absolute atomic E-state index is 0.342. The van der Waals surface area contributed by atoms with E-state index in [0.29, 0.717) is 10.5 Å². The lowest BCUT2D eigenvalue weighted by Gasteiger charge is -2.05. The number of sulfone groups is 1. The fourth-order valence-electron chi connectivity index (χ4n) is 1.71. The maximum absolute atomic E-state index is 11.9. The van der Waals surface area contributed by atoms with Gasteiger partial charge in [0, 0.05) is 6.26 Å². The molecule has 0 aliphatic carbocycles. The Bertz CT molecular complexity index is 641. The van der Waals surface area contributed by atoms with E-state index in [1.807, 2.05) is 48.5 Å². The third-order valence-corrected chi connectivity index (χ3v) is 3.71. The fraction of sp³-hybridized carbons (Fsp3) is 0.0667. The maximum Gasteiger partial charge on any atom is 0.176 e. The van der Waals surface area contributed by atoms with Gasteiger partial charge in [0.1, 0.15) is 0 Å². The predicted molar refractivity (Wildman–Crippen MR) is 75.6 cm³/mol. The van der Waals surface area contributed by atoms with E-state index in [2.05, 4.69) is 0 Å². The molecule has 0 heterocycles. The summed E-state index contributed by atoms with van der Waals surface area (Å²) < 4.78 is 23.7. The van der Waals surface area contributed by atoms with Gasteiger partial charge in [-0.2, -0.15) is 0 Å². The molecule has 2 aromatic carbocycles. The second-order valence-electron chi connectivity index (χ2n) is 4.06. The Hall–Kier alpha value is -1.87. The zero-order valence-corrected chi connectivity index (χ0v) is 10.9. The second kappa shape index (κ2) is 5.19. The Kier molecular flexibility index (Phi) is 3.63. The third kappa shape index (κ3) is 3.08. The third-order valence-electron chi connectivity index (χ3n) is 2.56. The standard InChI is InChI=1S/C15H14O2S/c1-18(16,17)15(14-10-6-3-7-11-14)12-13-8-4-2-5-9-13/h2-12H,1H3/b15-12-. The van der Waals surface area contributed by atoms with Gasteiger partial charge < -0.3 is 0 Å². The highest BCUT2D eigenvalue weighted by Gasteiger charge is 2.13. The Balaban J connectivity index is 2.56. The minimum atomic E-state index is -3.26. The molecule has 0 radical (unpaired) electrons. The van der Waals surface area contributed by atoms with E-state index in [-0.39, 0.29) is 0 Å². The molecule has 3 heteroatoms. The van der Waals surface area contributed by atoms with Crippen molar-refractivity contribution in [3.8, 4) is 0 Å². The van der Waals surface area contributed by atoms with Crippen molar-refractivity contribution in [2.45, 2.75) is 0 Å². The highest BCUT2D eigenvalue weighted by atomic mass is 32.2. The molecular formula is C15H14O2S. The molecule has 18 heavy (non-hydrogen) atoms. The summed E-state index contributed by atoms with van der Waals surface area (Å²) in [5, 5.41) is 0. The summed E-state index contributed by atoms with van der Waals surface area (Å²) in [6, 6.07) is 18.6. The van der Waals surface area contributed by atoms with Crippen molar-refractivity contribution in [2.24, 2.45) is 0 Å². The molecule has 0 saturated heterocycles.